The van der Waals surface area contributed by atoms with Gasteiger partial charge in [-0.15, -0.1) is 0 Å². The van der Waals surface area contributed by atoms with Crippen LogP contribution in [0, 0.1) is 0 Å². The molecule has 6 nitrogen and oxygen atoms in total. The highest BCUT2D eigenvalue weighted by Crippen LogP contribution is 2.16. The van der Waals surface area contributed by atoms with Gasteiger partial charge in [-0.3, -0.25) is 9.78 Å². The third-order valence-electron chi connectivity index (χ3n) is 3.94. The number of aromatic nitrogens is 1. The van der Waals surface area contributed by atoms with Gasteiger partial charge in [0.2, 0.25) is 0 Å². The summed E-state index contributed by atoms with van der Waals surface area (Å²) in [6.45, 7) is 3.50. The fraction of sp³-hybridized carbons (Fsp3) is 0.333. The number of morpholine rings is 1. The zero-order chi connectivity index (χ0) is 16.8. The van der Waals surface area contributed by atoms with Gasteiger partial charge in [0.05, 0.1) is 20.3 Å². The van der Waals surface area contributed by atoms with Crippen LogP contribution in [0.1, 0.15) is 16.1 Å². The van der Waals surface area contributed by atoms with E-state index in [0.29, 0.717) is 25.5 Å². The Morgan fingerprint density at radius 2 is 2.12 bits per heavy atom. The molecular weight excluding hydrogens is 306 g/mol. The smallest absolute Gasteiger partial charge is 0.270 e. The van der Waals surface area contributed by atoms with Crippen molar-refractivity contribution in [3.05, 3.63) is 53.9 Å². The van der Waals surface area contributed by atoms with Gasteiger partial charge in [-0.05, 0) is 29.8 Å². The van der Waals surface area contributed by atoms with Crippen molar-refractivity contribution >= 4 is 11.6 Å². The molecule has 1 saturated heterocycles. The van der Waals surface area contributed by atoms with Crippen LogP contribution in [-0.4, -0.2) is 44.3 Å². The van der Waals surface area contributed by atoms with E-state index in [-0.39, 0.29) is 5.91 Å². The minimum Gasteiger partial charge on any atom is -0.497 e. The van der Waals surface area contributed by atoms with Crippen molar-refractivity contribution < 1.29 is 14.3 Å². The number of nitrogens with zero attached hydrogens (tertiary/aromatic N) is 2. The Kier molecular flexibility index (Phi) is 5.28. The highest BCUT2D eigenvalue weighted by atomic mass is 16.5. The molecule has 1 aliphatic heterocycles. The van der Waals surface area contributed by atoms with Gasteiger partial charge in [0.25, 0.3) is 5.91 Å². The first-order valence-corrected chi connectivity index (χ1v) is 7.96. The molecule has 3 rings (SSSR count). The molecule has 0 bridgehead atoms. The second kappa shape index (κ2) is 7.79. The number of amides is 1. The van der Waals surface area contributed by atoms with Crippen LogP contribution in [0.2, 0.25) is 0 Å². The number of nitrogens with one attached hydrogen (secondary N) is 1. The number of anilines is 1. The van der Waals surface area contributed by atoms with Gasteiger partial charge in [-0.25, -0.2) is 0 Å². The zero-order valence-electron chi connectivity index (χ0n) is 13.7. The van der Waals surface area contributed by atoms with Crippen molar-refractivity contribution in [2.45, 2.75) is 6.54 Å². The Balaban J connectivity index is 1.64. The van der Waals surface area contributed by atoms with Crippen LogP contribution >= 0.6 is 0 Å². The molecule has 1 aromatic heterocycles. The maximum atomic E-state index is 12.4. The number of pyridine rings is 1. The maximum Gasteiger partial charge on any atom is 0.270 e. The standard InChI is InChI=1S/C18H21N3O3/c1-23-16-4-2-3-14(11-16)13-20-18(22)17-12-15(5-6-19-17)21-7-9-24-10-8-21/h2-6,11-12H,7-10,13H2,1H3,(H,20,22). The Bertz CT molecular complexity index is 699. The van der Waals surface area contributed by atoms with E-state index >= 15 is 0 Å². The fourth-order valence-electron chi connectivity index (χ4n) is 2.62. The highest BCUT2D eigenvalue weighted by Gasteiger charge is 2.14. The number of hydrogen-bond donors (Lipinski definition) is 1. The second-order valence-corrected chi connectivity index (χ2v) is 5.53. The summed E-state index contributed by atoms with van der Waals surface area (Å²) in [4.78, 5) is 18.7. The molecule has 2 aromatic rings. The van der Waals surface area contributed by atoms with E-state index in [1.54, 1.807) is 13.3 Å². The summed E-state index contributed by atoms with van der Waals surface area (Å²) < 4.78 is 10.5. The number of ether oxygens (including phenoxy) is 2. The minimum absolute atomic E-state index is 0.187. The Hall–Kier alpha value is -2.60. The quantitative estimate of drug-likeness (QED) is 0.908. The van der Waals surface area contributed by atoms with E-state index in [4.69, 9.17) is 9.47 Å². The molecule has 1 aromatic carbocycles. The molecule has 0 aliphatic carbocycles. The van der Waals surface area contributed by atoms with Gasteiger partial charge in [0.1, 0.15) is 11.4 Å². The molecule has 0 unspecified atom stereocenters. The lowest BCUT2D eigenvalue weighted by molar-refractivity contribution is 0.0946. The van der Waals surface area contributed by atoms with Crippen molar-refractivity contribution in [3.63, 3.8) is 0 Å². The van der Waals surface area contributed by atoms with Crippen molar-refractivity contribution in [3.8, 4) is 5.75 Å². The summed E-state index contributed by atoms with van der Waals surface area (Å²) in [5.41, 5.74) is 2.40. The second-order valence-electron chi connectivity index (χ2n) is 5.53. The Morgan fingerprint density at radius 3 is 2.92 bits per heavy atom. The molecule has 6 heteroatoms. The van der Waals surface area contributed by atoms with Crippen molar-refractivity contribution in [1.82, 2.24) is 10.3 Å². The van der Waals surface area contributed by atoms with Crippen molar-refractivity contribution in [2.75, 3.05) is 38.3 Å². The van der Waals surface area contributed by atoms with Gasteiger partial charge in [0.15, 0.2) is 0 Å². The molecule has 1 N–H and O–H groups in total. The number of hydrogen-bond acceptors (Lipinski definition) is 5. The van der Waals surface area contributed by atoms with Gasteiger partial charge < -0.3 is 19.7 Å². The molecule has 0 radical (unpaired) electrons. The number of carbonyl (C=O) groups excluding carboxylic acids is 1. The average Bonchev–Trinajstić information content (AvgIpc) is 2.67. The van der Waals surface area contributed by atoms with E-state index in [1.165, 1.54) is 0 Å². The summed E-state index contributed by atoms with van der Waals surface area (Å²) in [5, 5.41) is 2.90. The van der Waals surface area contributed by atoms with Gasteiger partial charge in [-0.2, -0.15) is 0 Å². The molecule has 0 atom stereocenters. The van der Waals surface area contributed by atoms with Crippen LogP contribution in [0.5, 0.6) is 5.75 Å². The summed E-state index contributed by atoms with van der Waals surface area (Å²) in [6, 6.07) is 11.4. The van der Waals surface area contributed by atoms with Crippen LogP contribution < -0.4 is 15.0 Å². The number of methoxy groups -OCH3 is 1. The van der Waals surface area contributed by atoms with Gasteiger partial charge in [-0.1, -0.05) is 12.1 Å². The first-order chi connectivity index (χ1) is 11.8. The number of rotatable bonds is 5. The predicted molar refractivity (Wildman–Crippen MR) is 91.4 cm³/mol. The average molecular weight is 327 g/mol. The molecule has 1 amide bonds. The molecule has 1 fully saturated rings. The van der Waals surface area contributed by atoms with Crippen LogP contribution in [0.25, 0.3) is 0 Å². The fourth-order valence-corrected chi connectivity index (χ4v) is 2.62. The lowest BCUT2D eigenvalue weighted by atomic mass is 10.2. The molecule has 2 heterocycles. The minimum atomic E-state index is -0.187. The van der Waals surface area contributed by atoms with E-state index < -0.39 is 0 Å². The van der Waals surface area contributed by atoms with Crippen LogP contribution in [-0.2, 0) is 11.3 Å². The van der Waals surface area contributed by atoms with Crippen molar-refractivity contribution in [1.29, 1.82) is 0 Å². The Labute approximate surface area is 141 Å². The largest absolute Gasteiger partial charge is 0.497 e. The molecular formula is C18H21N3O3. The van der Waals surface area contributed by atoms with E-state index in [9.17, 15) is 4.79 Å². The third kappa shape index (κ3) is 4.02. The monoisotopic (exact) mass is 327 g/mol. The first kappa shape index (κ1) is 16.3. The normalized spacial score (nSPS) is 14.3. The third-order valence-corrected chi connectivity index (χ3v) is 3.94. The van der Waals surface area contributed by atoms with Crippen LogP contribution in [0.4, 0.5) is 5.69 Å². The lowest BCUT2D eigenvalue weighted by Gasteiger charge is -2.28. The lowest BCUT2D eigenvalue weighted by Crippen LogP contribution is -2.36. The van der Waals surface area contributed by atoms with Crippen LogP contribution in [0.15, 0.2) is 42.6 Å². The molecule has 0 spiro atoms. The summed E-state index contributed by atoms with van der Waals surface area (Å²) in [5.74, 6) is 0.585. The summed E-state index contributed by atoms with van der Waals surface area (Å²) in [7, 11) is 1.62. The SMILES string of the molecule is COc1cccc(CNC(=O)c2cc(N3CCOCC3)ccn2)c1. The summed E-state index contributed by atoms with van der Waals surface area (Å²) in [6.07, 6.45) is 1.67. The number of carbonyl (C=O) groups is 1. The van der Waals surface area contributed by atoms with E-state index in [2.05, 4.69) is 15.2 Å². The maximum absolute atomic E-state index is 12.4. The van der Waals surface area contributed by atoms with Gasteiger partial charge in [0, 0.05) is 31.5 Å². The van der Waals surface area contributed by atoms with E-state index in [1.807, 2.05) is 36.4 Å². The van der Waals surface area contributed by atoms with E-state index in [0.717, 1.165) is 30.1 Å². The zero-order valence-corrected chi connectivity index (χ0v) is 13.7. The molecule has 1 aliphatic rings. The predicted octanol–water partition coefficient (Wildman–Crippen LogP) is 1.86. The number of benzene rings is 1. The molecule has 126 valence electrons. The molecule has 24 heavy (non-hydrogen) atoms. The van der Waals surface area contributed by atoms with Gasteiger partial charge >= 0.3 is 0 Å². The topological polar surface area (TPSA) is 63.7 Å². The summed E-state index contributed by atoms with van der Waals surface area (Å²) >= 11 is 0. The molecule has 0 saturated carbocycles. The van der Waals surface area contributed by atoms with Crippen molar-refractivity contribution in [2.24, 2.45) is 0 Å². The first-order valence-electron chi connectivity index (χ1n) is 7.96. The highest BCUT2D eigenvalue weighted by molar-refractivity contribution is 5.93. The Morgan fingerprint density at radius 1 is 1.29 bits per heavy atom. The van der Waals surface area contributed by atoms with Crippen LogP contribution in [0.3, 0.4) is 0 Å².